The van der Waals surface area contributed by atoms with Crippen molar-refractivity contribution in [3.05, 3.63) is 59.4 Å². The minimum absolute atomic E-state index is 0.164. The second-order valence-electron chi connectivity index (χ2n) is 6.23. The second-order valence-corrected chi connectivity index (χ2v) is 6.23. The fourth-order valence-corrected chi connectivity index (χ4v) is 2.77. The minimum Gasteiger partial charge on any atom is -0.352 e. The number of nitrogens with zero attached hydrogens (tertiary/aromatic N) is 3. The fraction of sp³-hybridized carbons (Fsp3) is 0.333. The molecule has 0 aliphatic carbocycles. The van der Waals surface area contributed by atoms with Crippen LogP contribution in [-0.4, -0.2) is 39.8 Å². The normalized spacial score (nSPS) is 17.5. The van der Waals surface area contributed by atoms with E-state index in [0.717, 1.165) is 0 Å². The van der Waals surface area contributed by atoms with Gasteiger partial charge in [-0.2, -0.15) is 0 Å². The van der Waals surface area contributed by atoms with Gasteiger partial charge in [-0.25, -0.2) is 14.4 Å². The summed E-state index contributed by atoms with van der Waals surface area (Å²) in [6, 6.07) is 4.79. The first-order valence-corrected chi connectivity index (χ1v) is 8.13. The summed E-state index contributed by atoms with van der Waals surface area (Å²) in [4.78, 5) is 35.1. The molecular weight excluding hydrogens is 323 g/mol. The number of amides is 2. The molecule has 2 amide bonds. The first-order chi connectivity index (χ1) is 12.0. The average molecular weight is 342 g/mol. The lowest BCUT2D eigenvalue weighted by Gasteiger charge is -2.35. The zero-order valence-electron chi connectivity index (χ0n) is 14.1. The molecule has 1 fully saturated rings. The number of aromatic nitrogens is 2. The lowest BCUT2D eigenvalue weighted by Crippen LogP contribution is -2.52. The second kappa shape index (κ2) is 6.96. The van der Waals surface area contributed by atoms with Gasteiger partial charge in [0.15, 0.2) is 0 Å². The van der Waals surface area contributed by atoms with Gasteiger partial charge < -0.3 is 10.2 Å². The highest BCUT2D eigenvalue weighted by Crippen LogP contribution is 2.25. The van der Waals surface area contributed by atoms with Crippen molar-refractivity contribution in [2.24, 2.45) is 0 Å². The van der Waals surface area contributed by atoms with E-state index >= 15 is 0 Å². The van der Waals surface area contributed by atoms with Crippen molar-refractivity contribution in [3.63, 3.8) is 0 Å². The quantitative estimate of drug-likeness (QED) is 0.926. The van der Waals surface area contributed by atoms with Crippen molar-refractivity contribution in [2.45, 2.75) is 25.8 Å². The summed E-state index contributed by atoms with van der Waals surface area (Å²) in [6.07, 6.45) is 2.97. The molecule has 0 saturated carbocycles. The van der Waals surface area contributed by atoms with E-state index in [1.54, 1.807) is 0 Å². The van der Waals surface area contributed by atoms with Gasteiger partial charge in [-0.1, -0.05) is 26.0 Å². The number of hydrogen-bond acceptors (Lipinski definition) is 4. The van der Waals surface area contributed by atoms with E-state index in [0.29, 0.717) is 30.0 Å². The number of rotatable bonds is 3. The van der Waals surface area contributed by atoms with Gasteiger partial charge in [-0.15, -0.1) is 0 Å². The van der Waals surface area contributed by atoms with Crippen LogP contribution >= 0.6 is 0 Å². The van der Waals surface area contributed by atoms with E-state index in [2.05, 4.69) is 15.3 Å². The molecule has 1 unspecified atom stereocenters. The molecule has 6 nitrogen and oxygen atoms in total. The molecule has 2 heterocycles. The van der Waals surface area contributed by atoms with E-state index < -0.39 is 11.9 Å². The molecule has 2 aromatic rings. The van der Waals surface area contributed by atoms with Gasteiger partial charge in [0, 0.05) is 31.4 Å². The summed E-state index contributed by atoms with van der Waals surface area (Å²) in [5, 5.41) is 2.75. The van der Waals surface area contributed by atoms with E-state index in [-0.39, 0.29) is 17.7 Å². The number of nitrogens with one attached hydrogen (secondary N) is 1. The molecule has 0 bridgehead atoms. The van der Waals surface area contributed by atoms with Gasteiger partial charge in [0.05, 0.1) is 5.56 Å². The molecular formula is C18H19FN4O2. The highest BCUT2D eigenvalue weighted by Gasteiger charge is 2.35. The van der Waals surface area contributed by atoms with Crippen LogP contribution < -0.4 is 5.32 Å². The maximum absolute atomic E-state index is 13.2. The third-order valence-electron chi connectivity index (χ3n) is 4.09. The van der Waals surface area contributed by atoms with Crippen LogP contribution in [0.5, 0.6) is 0 Å². The van der Waals surface area contributed by atoms with Gasteiger partial charge in [-0.3, -0.25) is 9.59 Å². The molecule has 0 radical (unpaired) electrons. The van der Waals surface area contributed by atoms with Crippen molar-refractivity contribution in [3.8, 4) is 0 Å². The third-order valence-corrected chi connectivity index (χ3v) is 4.09. The summed E-state index contributed by atoms with van der Waals surface area (Å²) < 4.78 is 13.2. The minimum atomic E-state index is -0.799. The first kappa shape index (κ1) is 17.0. The first-order valence-electron chi connectivity index (χ1n) is 8.13. The van der Waals surface area contributed by atoms with Crippen LogP contribution in [0.2, 0.25) is 0 Å². The molecule has 1 aliphatic heterocycles. The molecule has 0 spiro atoms. The Balaban J connectivity index is 1.90. The number of piperazine rings is 1. The van der Waals surface area contributed by atoms with Crippen LogP contribution in [0.15, 0.2) is 36.7 Å². The molecule has 25 heavy (non-hydrogen) atoms. The summed E-state index contributed by atoms with van der Waals surface area (Å²) in [7, 11) is 0. The Kier molecular flexibility index (Phi) is 4.74. The zero-order valence-corrected chi connectivity index (χ0v) is 14.1. The molecule has 1 atom stereocenters. The highest BCUT2D eigenvalue weighted by atomic mass is 19.1. The van der Waals surface area contributed by atoms with Crippen LogP contribution in [0.3, 0.4) is 0 Å². The summed E-state index contributed by atoms with van der Waals surface area (Å²) in [6.45, 7) is 4.67. The molecule has 1 N–H and O–H groups in total. The van der Waals surface area contributed by atoms with Crippen LogP contribution in [0.4, 0.5) is 4.39 Å². The maximum Gasteiger partial charge on any atom is 0.258 e. The van der Waals surface area contributed by atoms with Crippen molar-refractivity contribution in [2.75, 3.05) is 13.1 Å². The lowest BCUT2D eigenvalue weighted by molar-refractivity contribution is -0.128. The summed E-state index contributed by atoms with van der Waals surface area (Å²) in [5.74, 6) is -0.180. The largest absolute Gasteiger partial charge is 0.352 e. The predicted molar refractivity (Wildman–Crippen MR) is 89.3 cm³/mol. The Hall–Kier alpha value is -2.83. The maximum atomic E-state index is 13.2. The molecule has 130 valence electrons. The molecule has 1 aromatic carbocycles. The van der Waals surface area contributed by atoms with E-state index in [1.165, 1.54) is 41.6 Å². The molecule has 3 rings (SSSR count). The molecule has 1 aromatic heterocycles. The number of hydrogen-bond donors (Lipinski definition) is 1. The van der Waals surface area contributed by atoms with Gasteiger partial charge in [0.25, 0.3) is 5.91 Å². The Morgan fingerprint density at radius 1 is 1.24 bits per heavy atom. The van der Waals surface area contributed by atoms with E-state index in [9.17, 15) is 14.0 Å². The third kappa shape index (κ3) is 3.50. The van der Waals surface area contributed by atoms with Crippen molar-refractivity contribution < 1.29 is 14.0 Å². The SMILES string of the molecule is CC(C)c1ncc(C(=O)N2CCNC(=O)C2c2ccc(F)cc2)cn1. The average Bonchev–Trinajstić information content (AvgIpc) is 2.62. The molecule has 1 saturated heterocycles. The number of halogens is 1. The fourth-order valence-electron chi connectivity index (χ4n) is 2.77. The molecule has 1 aliphatic rings. The van der Waals surface area contributed by atoms with Gasteiger partial charge in [0.2, 0.25) is 5.91 Å². The van der Waals surface area contributed by atoms with Crippen LogP contribution in [0, 0.1) is 5.82 Å². The van der Waals surface area contributed by atoms with E-state index in [4.69, 9.17) is 0 Å². The number of benzene rings is 1. The Bertz CT molecular complexity index is 775. The lowest BCUT2D eigenvalue weighted by atomic mass is 10.0. The standard InChI is InChI=1S/C18H19FN4O2/c1-11(2)16-21-9-13(10-22-16)18(25)23-8-7-20-17(24)15(23)12-3-5-14(19)6-4-12/h3-6,9-11,15H,7-8H2,1-2H3,(H,20,24). The Morgan fingerprint density at radius 2 is 1.88 bits per heavy atom. The monoisotopic (exact) mass is 342 g/mol. The van der Waals surface area contributed by atoms with Gasteiger partial charge in [0.1, 0.15) is 17.7 Å². The van der Waals surface area contributed by atoms with Crippen LogP contribution in [0.1, 0.15) is 47.6 Å². The zero-order chi connectivity index (χ0) is 18.0. The Labute approximate surface area is 145 Å². The van der Waals surface area contributed by atoms with E-state index in [1.807, 2.05) is 13.8 Å². The Morgan fingerprint density at radius 3 is 2.48 bits per heavy atom. The van der Waals surface area contributed by atoms with Crippen molar-refractivity contribution >= 4 is 11.8 Å². The van der Waals surface area contributed by atoms with Crippen LogP contribution in [0.25, 0.3) is 0 Å². The topological polar surface area (TPSA) is 75.2 Å². The van der Waals surface area contributed by atoms with Crippen molar-refractivity contribution in [1.82, 2.24) is 20.2 Å². The van der Waals surface area contributed by atoms with Crippen molar-refractivity contribution in [1.29, 1.82) is 0 Å². The smallest absolute Gasteiger partial charge is 0.258 e. The molecule has 7 heteroatoms. The summed E-state index contributed by atoms with van der Waals surface area (Å²) >= 11 is 0. The number of carbonyl (C=O) groups is 2. The van der Waals surface area contributed by atoms with Gasteiger partial charge >= 0.3 is 0 Å². The summed E-state index contributed by atoms with van der Waals surface area (Å²) in [5.41, 5.74) is 0.887. The highest BCUT2D eigenvalue weighted by molar-refractivity contribution is 5.98. The van der Waals surface area contributed by atoms with Gasteiger partial charge in [-0.05, 0) is 17.7 Å². The predicted octanol–water partition coefficient (Wildman–Crippen LogP) is 2.05. The number of carbonyl (C=O) groups excluding carboxylic acids is 2. The van der Waals surface area contributed by atoms with Crippen LogP contribution in [-0.2, 0) is 4.79 Å².